The third-order valence-electron chi connectivity index (χ3n) is 3.21. The lowest BCUT2D eigenvalue weighted by Gasteiger charge is -2.27. The minimum absolute atomic E-state index is 0.183. The van der Waals surface area contributed by atoms with Gasteiger partial charge >= 0.3 is 0 Å². The Hall–Kier alpha value is -0.870. The fraction of sp³-hybridized carbons (Fsp3) is 0.750. The molecule has 0 aromatic heterocycles. The normalized spacial score (nSPS) is 26.6. The van der Waals surface area contributed by atoms with Gasteiger partial charge in [0.05, 0.1) is 6.54 Å². The number of nitrogens with one attached hydrogen (secondary N) is 2. The Morgan fingerprint density at radius 3 is 2.88 bits per heavy atom. The first kappa shape index (κ1) is 11.6. The van der Waals surface area contributed by atoms with Crippen molar-refractivity contribution in [1.29, 1.82) is 0 Å². The van der Waals surface area contributed by atoms with Gasteiger partial charge in [0.25, 0.3) is 0 Å². The van der Waals surface area contributed by atoms with Gasteiger partial charge in [0.1, 0.15) is 0 Å². The van der Waals surface area contributed by atoms with Crippen molar-refractivity contribution in [3.05, 3.63) is 12.2 Å². The van der Waals surface area contributed by atoms with Crippen LogP contribution in [0.2, 0.25) is 0 Å². The maximum absolute atomic E-state index is 11.8. The van der Waals surface area contributed by atoms with Gasteiger partial charge in [-0.25, -0.2) is 0 Å². The summed E-state index contributed by atoms with van der Waals surface area (Å²) in [6, 6.07) is 0.361. The smallest absolute Gasteiger partial charge is 0.234 e. The van der Waals surface area contributed by atoms with Crippen LogP contribution in [0.25, 0.3) is 0 Å². The predicted molar refractivity (Wildman–Crippen MR) is 64.2 cm³/mol. The molecule has 90 valence electrons. The summed E-state index contributed by atoms with van der Waals surface area (Å²) in [7, 11) is 0. The maximum atomic E-state index is 11.8. The molecule has 0 aromatic rings. The summed E-state index contributed by atoms with van der Waals surface area (Å²) in [6.07, 6.45) is 7.54. The van der Waals surface area contributed by atoms with Crippen LogP contribution in [0.5, 0.6) is 0 Å². The van der Waals surface area contributed by atoms with Crippen molar-refractivity contribution in [1.82, 2.24) is 15.5 Å². The number of hydrogen-bond acceptors (Lipinski definition) is 3. The SMILES string of the molecule is O=C(CN1CCNCC1)NC1CC=CCC1. The Kier molecular flexibility index (Phi) is 4.36. The largest absolute Gasteiger partial charge is 0.352 e. The number of nitrogens with zero attached hydrogens (tertiary/aromatic N) is 1. The van der Waals surface area contributed by atoms with Crippen LogP contribution in [0, 0.1) is 0 Å². The molecule has 1 unspecified atom stereocenters. The van der Waals surface area contributed by atoms with Gasteiger partial charge in [0, 0.05) is 32.2 Å². The molecule has 4 nitrogen and oxygen atoms in total. The zero-order valence-corrected chi connectivity index (χ0v) is 9.74. The van der Waals surface area contributed by atoms with Gasteiger partial charge in [0.2, 0.25) is 5.91 Å². The van der Waals surface area contributed by atoms with Gasteiger partial charge in [-0.3, -0.25) is 9.69 Å². The van der Waals surface area contributed by atoms with E-state index in [0.717, 1.165) is 45.4 Å². The zero-order valence-electron chi connectivity index (χ0n) is 9.74. The number of amides is 1. The molecule has 1 saturated heterocycles. The molecule has 1 atom stereocenters. The monoisotopic (exact) mass is 223 g/mol. The number of carbonyl (C=O) groups excluding carboxylic acids is 1. The Labute approximate surface area is 97.1 Å². The molecule has 0 spiro atoms. The predicted octanol–water partition coefficient (Wildman–Crippen LogP) is 0.117. The minimum atomic E-state index is 0.183. The molecule has 1 heterocycles. The molecule has 2 aliphatic rings. The molecule has 2 N–H and O–H groups in total. The van der Waals surface area contributed by atoms with E-state index in [4.69, 9.17) is 0 Å². The number of piperazine rings is 1. The van der Waals surface area contributed by atoms with Crippen LogP contribution >= 0.6 is 0 Å². The van der Waals surface area contributed by atoms with Crippen LogP contribution in [0.15, 0.2) is 12.2 Å². The lowest BCUT2D eigenvalue weighted by molar-refractivity contribution is -0.123. The molecular weight excluding hydrogens is 202 g/mol. The van der Waals surface area contributed by atoms with Crippen molar-refractivity contribution in [3.8, 4) is 0 Å². The first-order valence-electron chi connectivity index (χ1n) is 6.22. The Balaban J connectivity index is 1.68. The topological polar surface area (TPSA) is 44.4 Å². The lowest BCUT2D eigenvalue weighted by atomic mass is 10.0. The Bertz CT molecular complexity index is 259. The zero-order chi connectivity index (χ0) is 11.2. The van der Waals surface area contributed by atoms with Crippen molar-refractivity contribution in [2.24, 2.45) is 0 Å². The van der Waals surface area contributed by atoms with Gasteiger partial charge in [0.15, 0.2) is 0 Å². The number of allylic oxidation sites excluding steroid dienone is 1. The average Bonchev–Trinajstić information content (AvgIpc) is 2.31. The molecule has 1 fully saturated rings. The molecule has 2 rings (SSSR count). The molecule has 0 aromatic carbocycles. The average molecular weight is 223 g/mol. The van der Waals surface area contributed by atoms with Crippen molar-refractivity contribution >= 4 is 5.91 Å². The van der Waals surface area contributed by atoms with Crippen molar-refractivity contribution in [2.75, 3.05) is 32.7 Å². The third kappa shape index (κ3) is 3.61. The first-order valence-corrected chi connectivity index (χ1v) is 6.22. The molecular formula is C12H21N3O. The van der Waals surface area contributed by atoms with Crippen molar-refractivity contribution < 1.29 is 4.79 Å². The minimum Gasteiger partial charge on any atom is -0.352 e. The highest BCUT2D eigenvalue weighted by Gasteiger charge is 2.16. The Morgan fingerprint density at radius 1 is 1.38 bits per heavy atom. The highest BCUT2D eigenvalue weighted by molar-refractivity contribution is 5.78. The summed E-state index contributed by atoms with van der Waals surface area (Å²) < 4.78 is 0. The van der Waals surface area contributed by atoms with Gasteiger partial charge in [-0.05, 0) is 19.3 Å². The summed E-state index contributed by atoms with van der Waals surface area (Å²) in [4.78, 5) is 14.0. The molecule has 1 aliphatic heterocycles. The first-order chi connectivity index (χ1) is 7.84. The molecule has 0 saturated carbocycles. The van der Waals surface area contributed by atoms with Crippen LogP contribution in [-0.2, 0) is 4.79 Å². The van der Waals surface area contributed by atoms with E-state index in [9.17, 15) is 4.79 Å². The highest BCUT2D eigenvalue weighted by atomic mass is 16.2. The van der Waals surface area contributed by atoms with E-state index < -0.39 is 0 Å². The Morgan fingerprint density at radius 2 is 2.19 bits per heavy atom. The number of rotatable bonds is 3. The molecule has 4 heteroatoms. The summed E-state index contributed by atoms with van der Waals surface area (Å²) in [5, 5.41) is 6.40. The standard InChI is InChI=1S/C12H21N3O/c16-12(10-15-8-6-13-7-9-15)14-11-4-2-1-3-5-11/h1-2,11,13H,3-10H2,(H,14,16). The van der Waals surface area contributed by atoms with E-state index in [1.807, 2.05) is 0 Å². The van der Waals surface area contributed by atoms with Gasteiger partial charge < -0.3 is 10.6 Å². The quantitative estimate of drug-likeness (QED) is 0.668. The lowest BCUT2D eigenvalue weighted by Crippen LogP contribution is -2.49. The molecule has 1 aliphatic carbocycles. The van der Waals surface area contributed by atoms with Crippen LogP contribution in [0.3, 0.4) is 0 Å². The van der Waals surface area contributed by atoms with Crippen LogP contribution < -0.4 is 10.6 Å². The molecule has 0 bridgehead atoms. The second-order valence-corrected chi connectivity index (χ2v) is 4.58. The maximum Gasteiger partial charge on any atom is 0.234 e. The number of hydrogen-bond donors (Lipinski definition) is 2. The second-order valence-electron chi connectivity index (χ2n) is 4.58. The van der Waals surface area contributed by atoms with Gasteiger partial charge in [-0.2, -0.15) is 0 Å². The number of carbonyl (C=O) groups is 1. The summed E-state index contributed by atoms with van der Waals surface area (Å²) >= 11 is 0. The van der Waals surface area contributed by atoms with Gasteiger partial charge in [-0.15, -0.1) is 0 Å². The van der Waals surface area contributed by atoms with Crippen molar-refractivity contribution in [3.63, 3.8) is 0 Å². The van der Waals surface area contributed by atoms with E-state index in [0.29, 0.717) is 12.6 Å². The van der Waals surface area contributed by atoms with Crippen molar-refractivity contribution in [2.45, 2.75) is 25.3 Å². The van der Waals surface area contributed by atoms with E-state index in [1.165, 1.54) is 0 Å². The molecule has 0 radical (unpaired) electrons. The van der Waals surface area contributed by atoms with E-state index >= 15 is 0 Å². The van der Waals surface area contributed by atoms with E-state index in [2.05, 4.69) is 27.7 Å². The summed E-state index contributed by atoms with van der Waals surface area (Å²) in [6.45, 7) is 4.52. The summed E-state index contributed by atoms with van der Waals surface area (Å²) in [5.74, 6) is 0.183. The van der Waals surface area contributed by atoms with E-state index in [-0.39, 0.29) is 5.91 Å². The summed E-state index contributed by atoms with van der Waals surface area (Å²) in [5.41, 5.74) is 0. The van der Waals surface area contributed by atoms with Crippen LogP contribution in [0.4, 0.5) is 0 Å². The van der Waals surface area contributed by atoms with E-state index in [1.54, 1.807) is 0 Å². The van der Waals surface area contributed by atoms with Gasteiger partial charge in [-0.1, -0.05) is 12.2 Å². The fourth-order valence-corrected chi connectivity index (χ4v) is 2.27. The van der Waals surface area contributed by atoms with Crippen LogP contribution in [-0.4, -0.2) is 49.6 Å². The molecule has 16 heavy (non-hydrogen) atoms. The molecule has 1 amide bonds. The third-order valence-corrected chi connectivity index (χ3v) is 3.21. The van der Waals surface area contributed by atoms with Crippen LogP contribution in [0.1, 0.15) is 19.3 Å². The fourth-order valence-electron chi connectivity index (χ4n) is 2.27. The second kappa shape index (κ2) is 6.01. The highest BCUT2D eigenvalue weighted by Crippen LogP contribution is 2.10.